The summed E-state index contributed by atoms with van der Waals surface area (Å²) in [5, 5.41) is 10.1. The monoisotopic (exact) mass is 785 g/mol. The van der Waals surface area contributed by atoms with E-state index in [1.54, 1.807) is 36.4 Å². The minimum Gasteiger partial charge on any atom is -0.489 e. The molecule has 0 bridgehead atoms. The molecule has 0 saturated heterocycles. The number of fused-ring (bicyclic) bond motifs is 2. The number of aryl methyl sites for hydroxylation is 1. The van der Waals surface area contributed by atoms with Crippen molar-refractivity contribution in [3.63, 3.8) is 0 Å². The summed E-state index contributed by atoms with van der Waals surface area (Å²) in [4.78, 5) is 39.5. The zero-order valence-electron chi connectivity index (χ0n) is 29.5. The van der Waals surface area contributed by atoms with Crippen molar-refractivity contribution in [2.45, 2.75) is 51.1 Å². The van der Waals surface area contributed by atoms with Gasteiger partial charge in [-0.25, -0.2) is 4.79 Å². The maximum Gasteiger partial charge on any atom is 0.328 e. The van der Waals surface area contributed by atoms with Crippen LogP contribution in [-0.2, 0) is 45.1 Å². The van der Waals surface area contributed by atoms with E-state index in [0.717, 1.165) is 33.4 Å². The fourth-order valence-electron chi connectivity index (χ4n) is 6.48. The first kappa shape index (κ1) is 38.7. The van der Waals surface area contributed by atoms with Crippen LogP contribution in [0.3, 0.4) is 0 Å². The molecule has 7 rings (SSSR count). The number of halogens is 3. The highest BCUT2D eigenvalue weighted by molar-refractivity contribution is 6.42. The summed E-state index contributed by atoms with van der Waals surface area (Å²) in [6, 6.07) is 31.0. The lowest BCUT2D eigenvalue weighted by molar-refractivity contribution is -0.145. The van der Waals surface area contributed by atoms with E-state index in [-0.39, 0.29) is 30.6 Å². The lowest BCUT2D eigenvalue weighted by Crippen LogP contribution is -2.53. The maximum atomic E-state index is 13.5. The Morgan fingerprint density at radius 2 is 1.56 bits per heavy atom. The molecule has 12 heteroatoms. The number of rotatable bonds is 10. The van der Waals surface area contributed by atoms with Crippen LogP contribution in [0.15, 0.2) is 103 Å². The zero-order chi connectivity index (χ0) is 37.1. The van der Waals surface area contributed by atoms with Gasteiger partial charge in [0.05, 0.1) is 28.9 Å². The van der Waals surface area contributed by atoms with Gasteiger partial charge in [-0.2, -0.15) is 0 Å². The van der Waals surface area contributed by atoms with Gasteiger partial charge in [-0.3, -0.25) is 9.59 Å². The number of methoxy groups -OCH3 is 1. The molecule has 9 nitrogen and oxygen atoms in total. The lowest BCUT2D eigenvalue weighted by Gasteiger charge is -2.31. The second-order valence-corrected chi connectivity index (χ2v) is 14.0. The SMILES string of the molecule is COC(=O)[C@H](Cc1ccc(-c2ccc(C)cc2)cc1)NC(=O)C1Cc2cc3c(cc2CN1)O[C@@H](c1ccc(OCc2ccc(Cl)c(Cl)c2)cc1)C(=O)N3.Cl. The molecule has 2 aliphatic heterocycles. The van der Waals surface area contributed by atoms with Crippen molar-refractivity contribution in [1.29, 1.82) is 0 Å². The Morgan fingerprint density at radius 1 is 0.870 bits per heavy atom. The molecule has 278 valence electrons. The van der Waals surface area contributed by atoms with E-state index in [2.05, 4.69) is 40.2 Å². The van der Waals surface area contributed by atoms with Gasteiger partial charge in [0.15, 0.2) is 0 Å². The van der Waals surface area contributed by atoms with Gasteiger partial charge in [-0.1, -0.05) is 95.5 Å². The minimum absolute atomic E-state index is 0. The Hall–Kier alpha value is -5.06. The van der Waals surface area contributed by atoms with Crippen LogP contribution in [0.4, 0.5) is 5.69 Å². The van der Waals surface area contributed by atoms with Gasteiger partial charge in [0, 0.05) is 18.5 Å². The Balaban J connectivity index is 0.00000497. The van der Waals surface area contributed by atoms with Crippen LogP contribution in [0.2, 0.25) is 10.0 Å². The van der Waals surface area contributed by atoms with E-state index in [1.165, 1.54) is 12.7 Å². The Morgan fingerprint density at radius 3 is 2.24 bits per heavy atom. The molecule has 2 amide bonds. The first-order chi connectivity index (χ1) is 25.6. The van der Waals surface area contributed by atoms with Gasteiger partial charge in [0.2, 0.25) is 12.0 Å². The highest BCUT2D eigenvalue weighted by atomic mass is 35.5. The van der Waals surface area contributed by atoms with Crippen molar-refractivity contribution < 1.29 is 28.6 Å². The van der Waals surface area contributed by atoms with Crippen LogP contribution in [0.1, 0.15) is 39.5 Å². The summed E-state index contributed by atoms with van der Waals surface area (Å²) in [6.45, 7) is 2.76. The standard InChI is InChI=1S/C42H37Cl2N3O6.ClH/c1-24-3-8-27(9-4-24)28-10-5-25(6-11-28)18-37(42(50)51-2)47-40(48)36-20-30-19-35-38(21-31(30)22-45-36)53-39(41(49)46-35)29-12-14-32(15-13-29)52-23-26-7-16-33(43)34(44)17-26;/h3-17,19,21,36-37,39,45H,18,20,22-23H2,1-2H3,(H,46,49)(H,47,48);1H/t36?,37-,39-;/m0./s1. The third-order valence-corrected chi connectivity index (χ3v) is 10.2. The first-order valence-electron chi connectivity index (χ1n) is 17.2. The number of nitrogens with one attached hydrogen (secondary N) is 3. The van der Waals surface area contributed by atoms with Crippen molar-refractivity contribution >= 4 is 59.1 Å². The second kappa shape index (κ2) is 17.0. The average molecular weight is 787 g/mol. The summed E-state index contributed by atoms with van der Waals surface area (Å²) in [5.74, 6) is 0.0200. The zero-order valence-corrected chi connectivity index (χ0v) is 31.8. The molecule has 54 heavy (non-hydrogen) atoms. The molecule has 0 aromatic heterocycles. The number of benzene rings is 5. The summed E-state index contributed by atoms with van der Waals surface area (Å²) >= 11 is 12.1. The molecule has 5 aromatic carbocycles. The second-order valence-electron chi connectivity index (χ2n) is 13.2. The number of hydrogen-bond acceptors (Lipinski definition) is 7. The molecule has 2 heterocycles. The van der Waals surface area contributed by atoms with Crippen LogP contribution in [0.25, 0.3) is 11.1 Å². The van der Waals surface area contributed by atoms with E-state index in [1.807, 2.05) is 49.4 Å². The van der Waals surface area contributed by atoms with Crippen LogP contribution < -0.4 is 25.4 Å². The quantitative estimate of drug-likeness (QED) is 0.123. The highest BCUT2D eigenvalue weighted by Crippen LogP contribution is 2.38. The normalized spacial score (nSPS) is 16.3. The number of carbonyl (C=O) groups excluding carboxylic acids is 3. The molecule has 3 N–H and O–H groups in total. The predicted octanol–water partition coefficient (Wildman–Crippen LogP) is 7.96. The molecule has 3 atom stereocenters. The van der Waals surface area contributed by atoms with Gasteiger partial charge >= 0.3 is 5.97 Å². The molecule has 1 unspecified atom stereocenters. The summed E-state index contributed by atoms with van der Waals surface area (Å²) in [7, 11) is 1.31. The Kier molecular flexibility index (Phi) is 12.1. The first-order valence-corrected chi connectivity index (χ1v) is 18.0. The molecule has 5 aromatic rings. The average Bonchev–Trinajstić information content (AvgIpc) is 3.17. The number of anilines is 1. The van der Waals surface area contributed by atoms with Crippen LogP contribution in [0, 0.1) is 6.92 Å². The predicted molar refractivity (Wildman–Crippen MR) is 212 cm³/mol. The van der Waals surface area contributed by atoms with Gasteiger partial charge in [0.25, 0.3) is 5.91 Å². The highest BCUT2D eigenvalue weighted by Gasteiger charge is 2.33. The third kappa shape index (κ3) is 8.83. The molecule has 0 radical (unpaired) electrons. The minimum atomic E-state index is -0.864. The van der Waals surface area contributed by atoms with E-state index < -0.39 is 24.2 Å². The largest absolute Gasteiger partial charge is 0.489 e. The van der Waals surface area contributed by atoms with Gasteiger partial charge < -0.3 is 30.2 Å². The van der Waals surface area contributed by atoms with Crippen molar-refractivity contribution in [2.24, 2.45) is 0 Å². The number of hydrogen-bond donors (Lipinski definition) is 3. The molecule has 0 fully saturated rings. The molecular formula is C42H38Cl3N3O6. The molecule has 0 spiro atoms. The fraction of sp³-hybridized carbons (Fsp3) is 0.214. The van der Waals surface area contributed by atoms with E-state index in [0.29, 0.717) is 52.4 Å². The van der Waals surface area contributed by atoms with Crippen LogP contribution in [0.5, 0.6) is 11.5 Å². The van der Waals surface area contributed by atoms with Gasteiger partial charge in [-0.05, 0) is 83.1 Å². The molecular weight excluding hydrogens is 749 g/mol. The number of carbonyl (C=O) groups is 3. The third-order valence-electron chi connectivity index (χ3n) is 9.48. The summed E-state index contributed by atoms with van der Waals surface area (Å²) in [6.07, 6.45) is -0.215. The Labute approximate surface area is 329 Å². The topological polar surface area (TPSA) is 115 Å². The number of amides is 2. The van der Waals surface area contributed by atoms with Gasteiger partial charge in [-0.15, -0.1) is 12.4 Å². The molecule has 0 saturated carbocycles. The number of esters is 1. The maximum absolute atomic E-state index is 13.5. The van der Waals surface area contributed by atoms with Crippen molar-refractivity contribution in [3.05, 3.63) is 147 Å². The Bertz CT molecular complexity index is 2160. The van der Waals surface area contributed by atoms with Crippen molar-refractivity contribution in [1.82, 2.24) is 10.6 Å². The van der Waals surface area contributed by atoms with Gasteiger partial charge in [0.1, 0.15) is 24.1 Å². The fourth-order valence-corrected chi connectivity index (χ4v) is 6.80. The molecule has 0 aliphatic carbocycles. The molecule has 2 aliphatic rings. The van der Waals surface area contributed by atoms with E-state index in [4.69, 9.17) is 37.4 Å². The number of ether oxygens (including phenoxy) is 3. The summed E-state index contributed by atoms with van der Waals surface area (Å²) in [5.41, 5.74) is 8.18. The van der Waals surface area contributed by atoms with Crippen LogP contribution in [-0.4, -0.2) is 37.0 Å². The van der Waals surface area contributed by atoms with Crippen molar-refractivity contribution in [2.75, 3.05) is 12.4 Å². The lowest BCUT2D eigenvalue weighted by atomic mass is 9.93. The van der Waals surface area contributed by atoms with Crippen molar-refractivity contribution in [3.8, 4) is 22.6 Å². The smallest absolute Gasteiger partial charge is 0.328 e. The summed E-state index contributed by atoms with van der Waals surface area (Å²) < 4.78 is 17.1. The van der Waals surface area contributed by atoms with E-state index in [9.17, 15) is 14.4 Å². The van der Waals surface area contributed by atoms with E-state index >= 15 is 0 Å². The van der Waals surface area contributed by atoms with Crippen LogP contribution >= 0.6 is 35.6 Å².